The number of halogens is 3. The van der Waals surface area contributed by atoms with Crippen LogP contribution < -0.4 is 5.32 Å². The molecular weight excluding hydrogens is 357 g/mol. The van der Waals surface area contributed by atoms with Crippen molar-refractivity contribution in [1.82, 2.24) is 15.1 Å². The quantitative estimate of drug-likeness (QED) is 0.814. The van der Waals surface area contributed by atoms with Crippen LogP contribution in [0.5, 0.6) is 0 Å². The highest BCUT2D eigenvalue weighted by Crippen LogP contribution is 2.29. The van der Waals surface area contributed by atoms with Crippen molar-refractivity contribution >= 4 is 27.5 Å². The number of benzene rings is 1. The average molecular weight is 375 g/mol. The van der Waals surface area contributed by atoms with Gasteiger partial charge in [-0.1, -0.05) is 24.6 Å². The van der Waals surface area contributed by atoms with Gasteiger partial charge in [0, 0.05) is 17.1 Å². The number of hydrogen-bond donors (Lipinski definition) is 1. The minimum Gasteiger partial charge on any atom is -0.309 e. The van der Waals surface area contributed by atoms with Crippen LogP contribution in [0.15, 0.2) is 28.9 Å². The molecule has 6 heteroatoms. The Hall–Kier alpha value is -0.910. The Bertz CT molecular complexity index is 595. The Morgan fingerprint density at radius 1 is 1.43 bits per heavy atom. The maximum atomic E-state index is 14.0. The number of nitrogens with one attached hydrogen (secondary N) is 1. The van der Waals surface area contributed by atoms with E-state index in [0.29, 0.717) is 17.0 Å². The molecule has 0 bridgehead atoms. The highest BCUT2D eigenvalue weighted by atomic mass is 79.9. The second kappa shape index (κ2) is 7.38. The van der Waals surface area contributed by atoms with Crippen LogP contribution in [0.4, 0.5) is 4.39 Å². The number of nitrogens with zero attached hydrogens (tertiary/aromatic N) is 2. The average Bonchev–Trinajstić information content (AvgIpc) is 2.83. The molecule has 3 nitrogen and oxygen atoms in total. The van der Waals surface area contributed by atoms with Crippen LogP contribution in [-0.2, 0) is 13.0 Å². The standard InChI is InChI=1S/C15H18BrClFN3/c1-3-19-14(15-11(16)9-20-21(15)4-2)8-10-12(17)6-5-7-13(10)18/h5-7,9,14,19H,3-4,8H2,1-2H3. The van der Waals surface area contributed by atoms with Crippen LogP contribution in [0.2, 0.25) is 5.02 Å². The Labute approximate surface area is 137 Å². The molecule has 1 unspecified atom stereocenters. The summed E-state index contributed by atoms with van der Waals surface area (Å²) in [6.07, 6.45) is 2.25. The summed E-state index contributed by atoms with van der Waals surface area (Å²) in [6, 6.07) is 4.72. The van der Waals surface area contributed by atoms with Crippen LogP contribution in [-0.4, -0.2) is 16.3 Å². The van der Waals surface area contributed by atoms with E-state index in [-0.39, 0.29) is 11.9 Å². The molecule has 0 amide bonds. The summed E-state index contributed by atoms with van der Waals surface area (Å²) < 4.78 is 16.9. The van der Waals surface area contributed by atoms with Gasteiger partial charge in [0.1, 0.15) is 5.82 Å². The third-order valence-electron chi connectivity index (χ3n) is 3.38. The first-order valence-corrected chi connectivity index (χ1v) is 8.13. The van der Waals surface area contributed by atoms with Crippen molar-refractivity contribution in [2.45, 2.75) is 32.9 Å². The first-order valence-electron chi connectivity index (χ1n) is 6.95. The molecule has 1 N–H and O–H groups in total. The fourth-order valence-electron chi connectivity index (χ4n) is 2.41. The zero-order valence-electron chi connectivity index (χ0n) is 12.0. The molecule has 1 aromatic heterocycles. The number of likely N-dealkylation sites (N-methyl/N-ethyl adjacent to an activating group) is 1. The lowest BCUT2D eigenvalue weighted by Crippen LogP contribution is -2.26. The predicted molar refractivity (Wildman–Crippen MR) is 87.1 cm³/mol. The van der Waals surface area contributed by atoms with Crippen LogP contribution in [0.3, 0.4) is 0 Å². The molecule has 0 aliphatic rings. The zero-order valence-corrected chi connectivity index (χ0v) is 14.4. The van der Waals surface area contributed by atoms with Crippen LogP contribution in [0, 0.1) is 5.82 Å². The summed E-state index contributed by atoms with van der Waals surface area (Å²) in [6.45, 7) is 5.59. The fourth-order valence-corrected chi connectivity index (χ4v) is 3.23. The Morgan fingerprint density at radius 3 is 2.81 bits per heavy atom. The van der Waals surface area contributed by atoms with E-state index in [4.69, 9.17) is 11.6 Å². The van der Waals surface area contributed by atoms with E-state index >= 15 is 0 Å². The normalized spacial score (nSPS) is 12.6. The van der Waals surface area contributed by atoms with Crippen LogP contribution in [0.25, 0.3) is 0 Å². The van der Waals surface area contributed by atoms with Gasteiger partial charge < -0.3 is 5.32 Å². The molecule has 0 radical (unpaired) electrons. The molecule has 0 saturated heterocycles. The monoisotopic (exact) mass is 373 g/mol. The smallest absolute Gasteiger partial charge is 0.127 e. The van der Waals surface area contributed by atoms with Gasteiger partial charge >= 0.3 is 0 Å². The first-order chi connectivity index (χ1) is 10.1. The predicted octanol–water partition coefficient (Wildman–Crippen LogP) is 4.35. The van der Waals surface area contributed by atoms with Gasteiger partial charge in [-0.3, -0.25) is 4.68 Å². The lowest BCUT2D eigenvalue weighted by Gasteiger charge is -2.21. The summed E-state index contributed by atoms with van der Waals surface area (Å²) in [5.74, 6) is -0.274. The number of aromatic nitrogens is 2. The molecule has 0 aliphatic carbocycles. The van der Waals surface area contributed by atoms with Gasteiger partial charge in [0.25, 0.3) is 0 Å². The summed E-state index contributed by atoms with van der Waals surface area (Å²) in [5.41, 5.74) is 1.54. The van der Waals surface area contributed by atoms with Crippen molar-refractivity contribution in [3.8, 4) is 0 Å². The third kappa shape index (κ3) is 3.65. The second-order valence-corrected chi connectivity index (χ2v) is 5.97. The fraction of sp³-hybridized carbons (Fsp3) is 0.400. The van der Waals surface area contributed by atoms with Crippen LogP contribution >= 0.6 is 27.5 Å². The molecule has 114 valence electrons. The number of hydrogen-bond acceptors (Lipinski definition) is 2. The summed E-state index contributed by atoms with van der Waals surface area (Å²) >= 11 is 9.68. The molecular formula is C15H18BrClFN3. The van der Waals surface area contributed by atoms with E-state index in [2.05, 4.69) is 26.3 Å². The van der Waals surface area contributed by atoms with Crippen molar-refractivity contribution in [1.29, 1.82) is 0 Å². The molecule has 1 aromatic carbocycles. The molecule has 0 spiro atoms. The maximum Gasteiger partial charge on any atom is 0.127 e. The summed E-state index contributed by atoms with van der Waals surface area (Å²) in [4.78, 5) is 0. The van der Waals surface area contributed by atoms with E-state index in [1.807, 2.05) is 18.5 Å². The van der Waals surface area contributed by atoms with Crippen molar-refractivity contribution in [2.24, 2.45) is 0 Å². The molecule has 2 aromatic rings. The van der Waals surface area contributed by atoms with Gasteiger partial charge in [0.2, 0.25) is 0 Å². The lowest BCUT2D eigenvalue weighted by atomic mass is 10.0. The maximum absolute atomic E-state index is 14.0. The van der Waals surface area contributed by atoms with Crippen molar-refractivity contribution in [3.05, 3.63) is 51.0 Å². The molecule has 1 heterocycles. The summed E-state index contributed by atoms with van der Waals surface area (Å²) in [7, 11) is 0. The Kier molecular flexibility index (Phi) is 5.79. The van der Waals surface area contributed by atoms with E-state index in [9.17, 15) is 4.39 Å². The van der Waals surface area contributed by atoms with Gasteiger partial charge in [-0.2, -0.15) is 5.10 Å². The van der Waals surface area contributed by atoms with Gasteiger partial charge in [0.05, 0.1) is 22.4 Å². The Morgan fingerprint density at radius 2 is 2.19 bits per heavy atom. The zero-order chi connectivity index (χ0) is 15.4. The van der Waals surface area contributed by atoms with Crippen molar-refractivity contribution in [3.63, 3.8) is 0 Å². The lowest BCUT2D eigenvalue weighted by molar-refractivity contribution is 0.479. The molecule has 0 fully saturated rings. The van der Waals surface area contributed by atoms with E-state index in [1.165, 1.54) is 6.07 Å². The molecule has 2 rings (SSSR count). The topological polar surface area (TPSA) is 29.9 Å². The van der Waals surface area contributed by atoms with Gasteiger partial charge in [-0.25, -0.2) is 4.39 Å². The largest absolute Gasteiger partial charge is 0.309 e. The first kappa shape index (κ1) is 16.5. The highest BCUT2D eigenvalue weighted by molar-refractivity contribution is 9.10. The van der Waals surface area contributed by atoms with E-state index in [1.54, 1.807) is 18.3 Å². The minimum absolute atomic E-state index is 0.0544. The highest BCUT2D eigenvalue weighted by Gasteiger charge is 2.21. The van der Waals surface area contributed by atoms with Gasteiger partial charge in [-0.15, -0.1) is 0 Å². The SMILES string of the molecule is CCNC(Cc1c(F)cccc1Cl)c1c(Br)cnn1CC. The summed E-state index contributed by atoms with van der Waals surface area (Å²) in [5, 5.41) is 8.17. The minimum atomic E-state index is -0.274. The molecule has 21 heavy (non-hydrogen) atoms. The number of rotatable bonds is 6. The van der Waals surface area contributed by atoms with Crippen molar-refractivity contribution in [2.75, 3.05) is 6.54 Å². The molecule has 0 saturated carbocycles. The van der Waals surface area contributed by atoms with Crippen molar-refractivity contribution < 1.29 is 4.39 Å². The third-order valence-corrected chi connectivity index (χ3v) is 4.35. The van der Waals surface area contributed by atoms with Crippen LogP contribution in [0.1, 0.15) is 31.1 Å². The molecule has 1 atom stereocenters. The number of aryl methyl sites for hydroxylation is 1. The Balaban J connectivity index is 2.38. The second-order valence-electron chi connectivity index (χ2n) is 4.71. The van der Waals surface area contributed by atoms with E-state index < -0.39 is 0 Å². The molecule has 0 aliphatic heterocycles. The van der Waals surface area contributed by atoms with E-state index in [0.717, 1.165) is 23.3 Å². The van der Waals surface area contributed by atoms with Gasteiger partial charge in [-0.05, 0) is 48.0 Å². The van der Waals surface area contributed by atoms with Gasteiger partial charge in [0.15, 0.2) is 0 Å².